The molecule has 0 aliphatic rings. The number of halogens is 2. The van der Waals surface area contributed by atoms with Gasteiger partial charge in [-0.2, -0.15) is 0 Å². The van der Waals surface area contributed by atoms with Crippen LogP contribution in [-0.4, -0.2) is 27.0 Å². The minimum absolute atomic E-state index is 0. The Morgan fingerprint density at radius 2 is 2.00 bits per heavy atom. The van der Waals surface area contributed by atoms with E-state index in [1.807, 2.05) is 64.2 Å². The van der Waals surface area contributed by atoms with E-state index in [4.69, 9.17) is 4.98 Å². The standard InChI is InChI=1S/C21H19BrN4OS.ClH/c22-17-7-8-18-19(14-17)28-21(24-18)26(11-4-10-25-12-9-23-15-25)20(27)13-16-5-2-1-3-6-16;/h1-3,5-9,12,14-15H,4,10-11,13H2;1H. The molecule has 0 bridgehead atoms. The van der Waals surface area contributed by atoms with E-state index in [1.165, 1.54) is 0 Å². The number of amides is 1. The van der Waals surface area contributed by atoms with Gasteiger partial charge in [0.15, 0.2) is 5.13 Å². The predicted octanol–water partition coefficient (Wildman–Crippen LogP) is 5.34. The lowest BCUT2D eigenvalue weighted by Gasteiger charge is -2.20. The molecule has 0 spiro atoms. The Bertz CT molecular complexity index is 1070. The van der Waals surface area contributed by atoms with Crippen molar-refractivity contribution in [2.24, 2.45) is 0 Å². The highest BCUT2D eigenvalue weighted by atomic mass is 79.9. The highest BCUT2D eigenvalue weighted by Gasteiger charge is 2.20. The molecule has 150 valence electrons. The summed E-state index contributed by atoms with van der Waals surface area (Å²) in [6.45, 7) is 1.43. The van der Waals surface area contributed by atoms with Gasteiger partial charge in [0.05, 0.1) is 23.0 Å². The minimum Gasteiger partial charge on any atom is -0.337 e. The lowest BCUT2D eigenvalue weighted by molar-refractivity contribution is -0.118. The van der Waals surface area contributed by atoms with Crippen molar-refractivity contribution in [3.63, 3.8) is 0 Å². The zero-order valence-corrected chi connectivity index (χ0v) is 18.8. The van der Waals surface area contributed by atoms with Gasteiger partial charge in [-0.25, -0.2) is 9.97 Å². The molecule has 2 aromatic carbocycles. The van der Waals surface area contributed by atoms with Crippen LogP contribution in [0.1, 0.15) is 12.0 Å². The molecule has 0 aliphatic carbocycles. The number of imidazole rings is 1. The number of nitrogens with zero attached hydrogens (tertiary/aromatic N) is 4. The van der Waals surface area contributed by atoms with Crippen molar-refractivity contribution in [3.05, 3.63) is 77.3 Å². The highest BCUT2D eigenvalue weighted by molar-refractivity contribution is 9.10. The number of aryl methyl sites for hydroxylation is 1. The van der Waals surface area contributed by atoms with Gasteiger partial charge in [-0.15, -0.1) is 12.4 Å². The predicted molar refractivity (Wildman–Crippen MR) is 124 cm³/mol. The van der Waals surface area contributed by atoms with Gasteiger partial charge in [-0.05, 0) is 30.2 Å². The number of thiazole rings is 1. The lowest BCUT2D eigenvalue weighted by atomic mass is 10.1. The Labute approximate surface area is 187 Å². The van der Waals surface area contributed by atoms with Crippen LogP contribution in [0.4, 0.5) is 5.13 Å². The maximum Gasteiger partial charge on any atom is 0.233 e. The molecule has 0 unspecified atom stereocenters. The van der Waals surface area contributed by atoms with Crippen LogP contribution < -0.4 is 4.90 Å². The smallest absolute Gasteiger partial charge is 0.233 e. The molecule has 5 nitrogen and oxygen atoms in total. The van der Waals surface area contributed by atoms with E-state index >= 15 is 0 Å². The number of fused-ring (bicyclic) bond motifs is 1. The third kappa shape index (κ3) is 5.44. The molecule has 4 rings (SSSR count). The highest BCUT2D eigenvalue weighted by Crippen LogP contribution is 2.31. The molecule has 1 amide bonds. The first-order valence-electron chi connectivity index (χ1n) is 9.05. The van der Waals surface area contributed by atoms with Crippen LogP contribution in [-0.2, 0) is 17.8 Å². The van der Waals surface area contributed by atoms with Gasteiger partial charge in [0.2, 0.25) is 5.91 Å². The Morgan fingerprint density at radius 1 is 1.17 bits per heavy atom. The molecule has 0 saturated carbocycles. The summed E-state index contributed by atoms with van der Waals surface area (Å²) < 4.78 is 4.10. The number of anilines is 1. The van der Waals surface area contributed by atoms with Crippen LogP contribution in [0.15, 0.2) is 71.7 Å². The zero-order chi connectivity index (χ0) is 19.3. The third-order valence-corrected chi connectivity index (χ3v) is 5.96. The van der Waals surface area contributed by atoms with Crippen LogP contribution in [0.3, 0.4) is 0 Å². The van der Waals surface area contributed by atoms with Gasteiger partial charge in [-0.3, -0.25) is 9.69 Å². The molecule has 8 heteroatoms. The topological polar surface area (TPSA) is 51.0 Å². The maximum atomic E-state index is 13.1. The number of carbonyl (C=O) groups excluding carboxylic acids is 1. The van der Waals surface area contributed by atoms with Crippen LogP contribution >= 0.6 is 39.7 Å². The summed E-state index contributed by atoms with van der Waals surface area (Å²) >= 11 is 5.06. The van der Waals surface area contributed by atoms with Gasteiger partial charge in [0.25, 0.3) is 0 Å². The maximum absolute atomic E-state index is 13.1. The Morgan fingerprint density at radius 3 is 2.76 bits per heavy atom. The average Bonchev–Trinajstić information content (AvgIpc) is 3.35. The van der Waals surface area contributed by atoms with Gasteiger partial charge in [-0.1, -0.05) is 57.6 Å². The second kappa shape index (κ2) is 10.0. The monoisotopic (exact) mass is 490 g/mol. The molecular formula is C21H20BrClN4OS. The van der Waals surface area contributed by atoms with Gasteiger partial charge < -0.3 is 4.57 Å². The molecule has 0 fully saturated rings. The van der Waals surface area contributed by atoms with Gasteiger partial charge in [0, 0.05) is 30.0 Å². The van der Waals surface area contributed by atoms with Crippen molar-refractivity contribution in [2.45, 2.75) is 19.4 Å². The summed E-state index contributed by atoms with van der Waals surface area (Å²) in [7, 11) is 0. The number of hydrogen-bond donors (Lipinski definition) is 0. The van der Waals surface area contributed by atoms with Crippen LogP contribution in [0.5, 0.6) is 0 Å². The quantitative estimate of drug-likeness (QED) is 0.350. The first-order valence-corrected chi connectivity index (χ1v) is 10.7. The van der Waals surface area contributed by atoms with Gasteiger partial charge in [0.1, 0.15) is 0 Å². The van der Waals surface area contributed by atoms with E-state index in [0.29, 0.717) is 13.0 Å². The van der Waals surface area contributed by atoms with Crippen molar-refractivity contribution in [2.75, 3.05) is 11.4 Å². The summed E-state index contributed by atoms with van der Waals surface area (Å²) in [5.41, 5.74) is 1.92. The Balaban J connectivity index is 0.00000240. The second-order valence-electron chi connectivity index (χ2n) is 6.47. The normalized spacial score (nSPS) is 10.7. The first kappa shape index (κ1) is 21.5. The molecule has 29 heavy (non-hydrogen) atoms. The molecule has 4 aromatic rings. The van der Waals surface area contributed by atoms with Crippen LogP contribution in [0.2, 0.25) is 0 Å². The first-order chi connectivity index (χ1) is 13.7. The van der Waals surface area contributed by atoms with Crippen LogP contribution in [0.25, 0.3) is 10.2 Å². The molecule has 0 atom stereocenters. The minimum atomic E-state index is 0. The SMILES string of the molecule is Cl.O=C(Cc1ccccc1)N(CCCn1ccnc1)c1nc2ccc(Br)cc2s1. The zero-order valence-electron chi connectivity index (χ0n) is 15.6. The van der Waals surface area contributed by atoms with Crippen molar-refractivity contribution >= 4 is 60.9 Å². The van der Waals surface area contributed by atoms with E-state index in [9.17, 15) is 4.79 Å². The van der Waals surface area contributed by atoms with Crippen molar-refractivity contribution < 1.29 is 4.79 Å². The number of benzene rings is 2. The molecular weight excluding hydrogens is 472 g/mol. The molecule has 0 radical (unpaired) electrons. The van der Waals surface area contributed by atoms with Crippen molar-refractivity contribution in [1.29, 1.82) is 0 Å². The van der Waals surface area contributed by atoms with Crippen molar-refractivity contribution in [1.82, 2.24) is 14.5 Å². The largest absolute Gasteiger partial charge is 0.337 e. The summed E-state index contributed by atoms with van der Waals surface area (Å²) in [6.07, 6.45) is 6.70. The fourth-order valence-corrected chi connectivity index (χ4v) is 4.59. The molecule has 0 aliphatic heterocycles. The van der Waals surface area contributed by atoms with Crippen LogP contribution in [0, 0.1) is 0 Å². The fraction of sp³-hybridized carbons (Fsp3) is 0.190. The summed E-state index contributed by atoms with van der Waals surface area (Å²) in [5, 5.41) is 0.750. The fourth-order valence-electron chi connectivity index (χ4n) is 3.03. The third-order valence-electron chi connectivity index (χ3n) is 4.43. The number of rotatable bonds is 7. The van der Waals surface area contributed by atoms with Crippen molar-refractivity contribution in [3.8, 4) is 0 Å². The summed E-state index contributed by atoms with van der Waals surface area (Å²) in [5.74, 6) is 0.0648. The number of hydrogen-bond acceptors (Lipinski definition) is 4. The van der Waals surface area contributed by atoms with E-state index < -0.39 is 0 Å². The molecule has 2 aromatic heterocycles. The number of carbonyl (C=O) groups is 1. The summed E-state index contributed by atoms with van der Waals surface area (Å²) in [4.78, 5) is 23.7. The Hall–Kier alpha value is -2.22. The molecule has 0 N–H and O–H groups in total. The van der Waals surface area contributed by atoms with E-state index in [-0.39, 0.29) is 18.3 Å². The molecule has 0 saturated heterocycles. The number of aromatic nitrogens is 3. The average molecular weight is 492 g/mol. The molecule has 2 heterocycles. The summed E-state index contributed by atoms with van der Waals surface area (Å²) in [6, 6.07) is 15.8. The van der Waals surface area contributed by atoms with Gasteiger partial charge >= 0.3 is 0 Å². The lowest BCUT2D eigenvalue weighted by Crippen LogP contribution is -2.33. The van der Waals surface area contributed by atoms with E-state index in [2.05, 4.69) is 20.9 Å². The second-order valence-corrected chi connectivity index (χ2v) is 8.40. The van der Waals surface area contributed by atoms with E-state index in [1.54, 1.807) is 23.9 Å². The van der Waals surface area contributed by atoms with E-state index in [0.717, 1.165) is 38.3 Å². The Kier molecular flexibility index (Phi) is 7.41.